The van der Waals surface area contributed by atoms with Crippen LogP contribution >= 0.6 is 0 Å². The molecule has 6 heteroatoms. The van der Waals surface area contributed by atoms with Crippen molar-refractivity contribution in [2.24, 2.45) is 18.7 Å². The van der Waals surface area contributed by atoms with Gasteiger partial charge in [-0.2, -0.15) is 10.1 Å². The summed E-state index contributed by atoms with van der Waals surface area (Å²) in [6.45, 7) is 2.93. The second-order valence-electron chi connectivity index (χ2n) is 4.78. The average Bonchev–Trinajstić information content (AvgIpc) is 3.03. The smallest absolute Gasteiger partial charge is 0.227 e. The number of nitrogens with two attached hydrogens (primary N) is 1. The third-order valence-electron chi connectivity index (χ3n) is 3.33. The van der Waals surface area contributed by atoms with Crippen molar-refractivity contribution in [2.75, 3.05) is 6.54 Å². The van der Waals surface area contributed by atoms with E-state index >= 15 is 0 Å². The zero-order chi connectivity index (χ0) is 13.7. The van der Waals surface area contributed by atoms with Crippen LogP contribution in [0, 0.1) is 5.92 Å². The standard InChI is InChI=1S/C13H21N5O/c1-3-10(6-8-14)4-5-12-15-13(17-19-12)11-7-9-18(2)16-11/h7,9-10H,3-6,8,14H2,1-2H3. The van der Waals surface area contributed by atoms with Gasteiger partial charge < -0.3 is 10.3 Å². The van der Waals surface area contributed by atoms with Crippen LogP contribution in [0.4, 0.5) is 0 Å². The molecule has 1 unspecified atom stereocenters. The molecule has 19 heavy (non-hydrogen) atoms. The lowest BCUT2D eigenvalue weighted by Gasteiger charge is -2.11. The summed E-state index contributed by atoms with van der Waals surface area (Å²) in [5.41, 5.74) is 6.34. The molecule has 0 bridgehead atoms. The fraction of sp³-hybridized carbons (Fsp3) is 0.615. The number of aryl methyl sites for hydroxylation is 2. The molecule has 0 aliphatic rings. The van der Waals surface area contributed by atoms with Crippen molar-refractivity contribution in [3.63, 3.8) is 0 Å². The lowest BCUT2D eigenvalue weighted by Crippen LogP contribution is -2.09. The minimum Gasteiger partial charge on any atom is -0.339 e. The Labute approximate surface area is 113 Å². The maximum absolute atomic E-state index is 5.59. The molecular formula is C13H21N5O. The summed E-state index contributed by atoms with van der Waals surface area (Å²) < 4.78 is 6.98. The van der Waals surface area contributed by atoms with Gasteiger partial charge in [0, 0.05) is 19.7 Å². The predicted molar refractivity (Wildman–Crippen MR) is 72.3 cm³/mol. The van der Waals surface area contributed by atoms with Crippen LogP contribution in [-0.2, 0) is 13.5 Å². The van der Waals surface area contributed by atoms with E-state index in [0.717, 1.165) is 37.9 Å². The normalized spacial score (nSPS) is 12.8. The third-order valence-corrected chi connectivity index (χ3v) is 3.33. The van der Waals surface area contributed by atoms with Gasteiger partial charge in [0.1, 0.15) is 5.69 Å². The SMILES string of the molecule is CCC(CCN)CCc1nc(-c2ccn(C)n2)no1. The Morgan fingerprint density at radius 1 is 1.42 bits per heavy atom. The molecule has 6 nitrogen and oxygen atoms in total. The maximum atomic E-state index is 5.59. The molecule has 2 heterocycles. The van der Waals surface area contributed by atoms with Crippen molar-refractivity contribution >= 4 is 0 Å². The van der Waals surface area contributed by atoms with Gasteiger partial charge >= 0.3 is 0 Å². The van der Waals surface area contributed by atoms with Crippen LogP contribution in [0.25, 0.3) is 11.5 Å². The molecule has 2 rings (SSSR count). The van der Waals surface area contributed by atoms with E-state index in [1.54, 1.807) is 4.68 Å². The van der Waals surface area contributed by atoms with Crippen LogP contribution in [0.15, 0.2) is 16.8 Å². The monoisotopic (exact) mass is 263 g/mol. The van der Waals surface area contributed by atoms with E-state index in [1.165, 1.54) is 0 Å². The van der Waals surface area contributed by atoms with Gasteiger partial charge in [0.15, 0.2) is 0 Å². The van der Waals surface area contributed by atoms with Crippen molar-refractivity contribution in [3.8, 4) is 11.5 Å². The van der Waals surface area contributed by atoms with Crippen molar-refractivity contribution in [1.82, 2.24) is 19.9 Å². The molecule has 0 fully saturated rings. The molecule has 2 aromatic rings. The Morgan fingerprint density at radius 2 is 2.26 bits per heavy atom. The number of aromatic nitrogens is 4. The number of hydrogen-bond acceptors (Lipinski definition) is 5. The molecule has 0 aliphatic carbocycles. The topological polar surface area (TPSA) is 82.8 Å². The van der Waals surface area contributed by atoms with E-state index in [9.17, 15) is 0 Å². The van der Waals surface area contributed by atoms with Crippen LogP contribution in [0.2, 0.25) is 0 Å². The second kappa shape index (κ2) is 6.47. The third kappa shape index (κ3) is 3.64. The summed E-state index contributed by atoms with van der Waals surface area (Å²) in [6.07, 6.45) is 5.89. The quantitative estimate of drug-likeness (QED) is 0.823. The van der Waals surface area contributed by atoms with E-state index in [0.29, 0.717) is 17.6 Å². The predicted octanol–water partition coefficient (Wildman–Crippen LogP) is 1.78. The fourth-order valence-electron chi connectivity index (χ4n) is 2.11. The van der Waals surface area contributed by atoms with Crippen molar-refractivity contribution in [1.29, 1.82) is 0 Å². The first-order chi connectivity index (χ1) is 9.22. The summed E-state index contributed by atoms with van der Waals surface area (Å²) in [4.78, 5) is 4.38. The molecule has 1 atom stereocenters. The Kier molecular flexibility index (Phi) is 4.68. The largest absolute Gasteiger partial charge is 0.339 e. The lowest BCUT2D eigenvalue weighted by molar-refractivity contribution is 0.354. The van der Waals surface area contributed by atoms with Crippen LogP contribution in [0.3, 0.4) is 0 Å². The first-order valence-corrected chi connectivity index (χ1v) is 6.75. The van der Waals surface area contributed by atoms with E-state index in [2.05, 4.69) is 22.2 Å². The first-order valence-electron chi connectivity index (χ1n) is 6.75. The molecule has 2 N–H and O–H groups in total. The fourth-order valence-corrected chi connectivity index (χ4v) is 2.11. The molecule has 0 saturated carbocycles. The molecule has 0 saturated heterocycles. The lowest BCUT2D eigenvalue weighted by atomic mass is 9.97. The van der Waals surface area contributed by atoms with Gasteiger partial charge in [0.05, 0.1) is 0 Å². The van der Waals surface area contributed by atoms with Crippen LogP contribution < -0.4 is 5.73 Å². The first kappa shape index (κ1) is 13.7. The minimum absolute atomic E-state index is 0.558. The summed E-state index contributed by atoms with van der Waals surface area (Å²) in [5, 5.41) is 8.21. The molecule has 0 aromatic carbocycles. The van der Waals surface area contributed by atoms with Crippen LogP contribution in [-0.4, -0.2) is 26.5 Å². The Bertz CT molecular complexity index is 505. The van der Waals surface area contributed by atoms with E-state index in [4.69, 9.17) is 10.3 Å². The van der Waals surface area contributed by atoms with Gasteiger partial charge in [-0.3, -0.25) is 4.68 Å². The molecular weight excluding hydrogens is 242 g/mol. The molecule has 0 amide bonds. The van der Waals surface area contributed by atoms with E-state index < -0.39 is 0 Å². The summed E-state index contributed by atoms with van der Waals surface area (Å²) in [7, 11) is 1.86. The van der Waals surface area contributed by atoms with Gasteiger partial charge in [0.25, 0.3) is 0 Å². The van der Waals surface area contributed by atoms with Gasteiger partial charge in [-0.05, 0) is 31.4 Å². The summed E-state index contributed by atoms with van der Waals surface area (Å²) in [6, 6.07) is 1.87. The number of rotatable bonds is 7. The van der Waals surface area contributed by atoms with Gasteiger partial charge in [-0.1, -0.05) is 18.5 Å². The average molecular weight is 263 g/mol. The highest BCUT2D eigenvalue weighted by atomic mass is 16.5. The summed E-state index contributed by atoms with van der Waals surface area (Å²) in [5.74, 6) is 1.87. The second-order valence-corrected chi connectivity index (χ2v) is 4.78. The minimum atomic E-state index is 0.558. The number of hydrogen-bond donors (Lipinski definition) is 1. The highest BCUT2D eigenvalue weighted by molar-refractivity contribution is 5.46. The number of nitrogens with zero attached hydrogens (tertiary/aromatic N) is 4. The van der Waals surface area contributed by atoms with Crippen molar-refractivity contribution in [2.45, 2.75) is 32.6 Å². The van der Waals surface area contributed by atoms with Crippen LogP contribution in [0.1, 0.15) is 32.1 Å². The van der Waals surface area contributed by atoms with Gasteiger partial charge in [-0.25, -0.2) is 0 Å². The van der Waals surface area contributed by atoms with Crippen molar-refractivity contribution < 1.29 is 4.52 Å². The molecule has 0 spiro atoms. The Hall–Kier alpha value is -1.69. The Morgan fingerprint density at radius 3 is 2.89 bits per heavy atom. The highest BCUT2D eigenvalue weighted by Gasteiger charge is 2.13. The maximum Gasteiger partial charge on any atom is 0.227 e. The Balaban J connectivity index is 1.94. The summed E-state index contributed by atoms with van der Waals surface area (Å²) >= 11 is 0. The zero-order valence-electron chi connectivity index (χ0n) is 11.5. The molecule has 2 aromatic heterocycles. The molecule has 0 aliphatic heterocycles. The molecule has 104 valence electrons. The van der Waals surface area contributed by atoms with Gasteiger partial charge in [-0.15, -0.1) is 0 Å². The van der Waals surface area contributed by atoms with Crippen molar-refractivity contribution in [3.05, 3.63) is 18.2 Å². The van der Waals surface area contributed by atoms with E-state index in [1.807, 2.05) is 19.3 Å². The zero-order valence-corrected chi connectivity index (χ0v) is 11.5. The van der Waals surface area contributed by atoms with E-state index in [-0.39, 0.29) is 0 Å². The van der Waals surface area contributed by atoms with Crippen LogP contribution in [0.5, 0.6) is 0 Å². The highest BCUT2D eigenvalue weighted by Crippen LogP contribution is 2.17. The van der Waals surface area contributed by atoms with Gasteiger partial charge in [0.2, 0.25) is 11.7 Å². The molecule has 0 radical (unpaired) electrons.